The molecule has 0 amide bonds. The third-order valence-electron chi connectivity index (χ3n) is 3.26. The third kappa shape index (κ3) is 4.17. The molecular weight excluding hydrogens is 402 g/mol. The maximum atomic E-state index is 4.74. The molecule has 0 bridgehead atoms. The molecule has 132 valence electrons. The zero-order valence-corrected chi connectivity index (χ0v) is 17.1. The van der Waals surface area contributed by atoms with Gasteiger partial charge in [-0.1, -0.05) is 48.2 Å². The number of thiazole rings is 2. The summed E-state index contributed by atoms with van der Waals surface area (Å²) in [6.07, 6.45) is 2.89. The van der Waals surface area contributed by atoms with Crippen LogP contribution < -0.4 is 5.32 Å². The first-order chi connectivity index (χ1) is 12.8. The molecule has 0 fully saturated rings. The maximum Gasteiger partial charge on any atom is 0.190 e. The molecule has 0 radical (unpaired) electrons. The minimum Gasteiger partial charge on any atom is -0.331 e. The molecular formula is C17H15N5S4. The van der Waals surface area contributed by atoms with Gasteiger partial charge in [-0.15, -0.1) is 11.3 Å². The van der Waals surface area contributed by atoms with E-state index < -0.39 is 0 Å². The van der Waals surface area contributed by atoms with Gasteiger partial charge in [0.2, 0.25) is 0 Å². The van der Waals surface area contributed by atoms with Gasteiger partial charge >= 0.3 is 0 Å². The molecule has 0 saturated heterocycles. The van der Waals surface area contributed by atoms with Crippen LogP contribution in [0.1, 0.15) is 13.3 Å². The fraction of sp³-hybridized carbons (Fsp3) is 0.176. The lowest BCUT2D eigenvalue weighted by Crippen LogP contribution is -1.92. The van der Waals surface area contributed by atoms with Crippen LogP contribution in [0.4, 0.5) is 10.8 Å². The number of nitrogens with one attached hydrogen (secondary N) is 1. The Bertz CT molecular complexity index is 985. The smallest absolute Gasteiger partial charge is 0.190 e. The van der Waals surface area contributed by atoms with Crippen molar-refractivity contribution >= 4 is 67.4 Å². The fourth-order valence-electron chi connectivity index (χ4n) is 2.15. The van der Waals surface area contributed by atoms with Crippen molar-refractivity contribution in [1.29, 1.82) is 0 Å². The number of aromatic nitrogens is 4. The van der Waals surface area contributed by atoms with Crippen molar-refractivity contribution in [2.45, 2.75) is 27.9 Å². The Morgan fingerprint density at radius 1 is 1.12 bits per heavy atom. The summed E-state index contributed by atoms with van der Waals surface area (Å²) < 4.78 is 0.960. The topological polar surface area (TPSA) is 63.6 Å². The SMILES string of the molecule is CCCSc1nc(Sc2nccs2)c2nc(Nc3ccccc3)sc2n1. The van der Waals surface area contributed by atoms with Gasteiger partial charge in [0, 0.05) is 23.0 Å². The molecule has 0 unspecified atom stereocenters. The first kappa shape index (κ1) is 17.7. The summed E-state index contributed by atoms with van der Waals surface area (Å²) in [7, 11) is 0. The van der Waals surface area contributed by atoms with Gasteiger partial charge in [0.1, 0.15) is 10.5 Å². The van der Waals surface area contributed by atoms with Crippen molar-refractivity contribution < 1.29 is 0 Å². The minimum absolute atomic E-state index is 0.799. The van der Waals surface area contributed by atoms with E-state index in [-0.39, 0.29) is 0 Å². The number of benzene rings is 1. The summed E-state index contributed by atoms with van der Waals surface area (Å²) in [5.74, 6) is 1.00. The molecule has 0 saturated carbocycles. The van der Waals surface area contributed by atoms with E-state index in [1.54, 1.807) is 46.2 Å². The van der Waals surface area contributed by atoms with Gasteiger partial charge in [-0.25, -0.2) is 19.9 Å². The molecule has 5 nitrogen and oxygen atoms in total. The van der Waals surface area contributed by atoms with Gasteiger partial charge in [-0.3, -0.25) is 0 Å². The second kappa shape index (κ2) is 8.34. The number of anilines is 2. The minimum atomic E-state index is 0.799. The number of nitrogens with zero attached hydrogens (tertiary/aromatic N) is 4. The lowest BCUT2D eigenvalue weighted by atomic mass is 10.3. The van der Waals surface area contributed by atoms with Crippen LogP contribution in [0, 0.1) is 0 Å². The summed E-state index contributed by atoms with van der Waals surface area (Å²) in [5.41, 5.74) is 1.84. The molecule has 0 aliphatic rings. The Balaban J connectivity index is 1.71. The van der Waals surface area contributed by atoms with Crippen LogP contribution in [0.2, 0.25) is 0 Å². The van der Waals surface area contributed by atoms with Crippen LogP contribution in [0.5, 0.6) is 0 Å². The van der Waals surface area contributed by atoms with Crippen molar-refractivity contribution in [3.8, 4) is 0 Å². The number of thioether (sulfide) groups is 1. The molecule has 1 aromatic carbocycles. The van der Waals surface area contributed by atoms with Crippen LogP contribution >= 0.6 is 46.2 Å². The zero-order valence-electron chi connectivity index (χ0n) is 13.9. The summed E-state index contributed by atoms with van der Waals surface area (Å²) in [6, 6.07) is 10.0. The Labute approximate surface area is 167 Å². The lowest BCUT2D eigenvalue weighted by molar-refractivity contribution is 0.925. The third-order valence-corrected chi connectivity index (χ3v) is 7.04. The standard InChI is InChI=1S/C17H15N5S4/c1-2-9-23-15-21-13-12(14(22-15)26-17-18-8-10-24-17)20-16(25-13)19-11-6-4-3-5-7-11/h3-8,10H,2,9H2,1H3,(H,19,20). The van der Waals surface area contributed by atoms with Gasteiger partial charge < -0.3 is 5.32 Å². The van der Waals surface area contributed by atoms with E-state index in [1.807, 2.05) is 41.9 Å². The molecule has 4 rings (SSSR count). The van der Waals surface area contributed by atoms with Crippen molar-refractivity contribution in [3.63, 3.8) is 0 Å². The number of hydrogen-bond donors (Lipinski definition) is 1. The monoisotopic (exact) mass is 417 g/mol. The molecule has 1 N–H and O–H groups in total. The summed E-state index contributed by atoms with van der Waals surface area (Å²) in [6.45, 7) is 2.16. The van der Waals surface area contributed by atoms with Crippen molar-refractivity contribution in [2.24, 2.45) is 0 Å². The molecule has 0 spiro atoms. The van der Waals surface area contributed by atoms with Crippen LogP contribution in [0.3, 0.4) is 0 Å². The summed E-state index contributed by atoms with van der Waals surface area (Å²) in [4.78, 5) is 19.4. The van der Waals surface area contributed by atoms with Gasteiger partial charge in [0.15, 0.2) is 19.5 Å². The van der Waals surface area contributed by atoms with Gasteiger partial charge in [0.05, 0.1) is 0 Å². The molecule has 0 atom stereocenters. The first-order valence-electron chi connectivity index (χ1n) is 8.02. The van der Waals surface area contributed by atoms with E-state index in [0.29, 0.717) is 0 Å². The van der Waals surface area contributed by atoms with Crippen LogP contribution in [0.25, 0.3) is 10.3 Å². The highest BCUT2D eigenvalue weighted by molar-refractivity contribution is 8.01. The molecule has 9 heteroatoms. The molecule has 26 heavy (non-hydrogen) atoms. The second-order valence-electron chi connectivity index (χ2n) is 5.22. The van der Waals surface area contributed by atoms with E-state index in [9.17, 15) is 0 Å². The fourth-order valence-corrected chi connectivity index (χ4v) is 5.49. The van der Waals surface area contributed by atoms with Gasteiger partial charge in [-0.2, -0.15) is 0 Å². The number of rotatable bonds is 7. The normalized spacial score (nSPS) is 11.1. The molecule has 0 aliphatic carbocycles. The largest absolute Gasteiger partial charge is 0.331 e. The second-order valence-corrected chi connectivity index (χ2v) is 9.39. The summed E-state index contributed by atoms with van der Waals surface area (Å²) >= 11 is 6.39. The van der Waals surface area contributed by atoms with Crippen molar-refractivity contribution in [2.75, 3.05) is 11.1 Å². The number of fused-ring (bicyclic) bond motifs is 1. The molecule has 4 aromatic rings. The predicted octanol–water partition coefficient (Wildman–Crippen LogP) is 5.94. The number of para-hydroxylation sites is 1. The van der Waals surface area contributed by atoms with Gasteiger partial charge in [0.25, 0.3) is 0 Å². The highest BCUT2D eigenvalue weighted by Crippen LogP contribution is 2.37. The maximum absolute atomic E-state index is 4.74. The quantitative estimate of drug-likeness (QED) is 0.227. The van der Waals surface area contributed by atoms with E-state index in [4.69, 9.17) is 15.0 Å². The Morgan fingerprint density at radius 2 is 2.00 bits per heavy atom. The van der Waals surface area contributed by atoms with Gasteiger partial charge in [-0.05, 0) is 30.3 Å². The van der Waals surface area contributed by atoms with Crippen molar-refractivity contribution in [1.82, 2.24) is 19.9 Å². The Kier molecular flexibility index (Phi) is 5.68. The van der Waals surface area contributed by atoms with Crippen LogP contribution in [-0.2, 0) is 0 Å². The molecule has 0 aliphatic heterocycles. The van der Waals surface area contributed by atoms with E-state index in [2.05, 4.69) is 17.2 Å². The molecule has 3 heterocycles. The molecule has 3 aromatic heterocycles. The Morgan fingerprint density at radius 3 is 2.77 bits per heavy atom. The highest BCUT2D eigenvalue weighted by atomic mass is 32.2. The van der Waals surface area contributed by atoms with Crippen molar-refractivity contribution in [3.05, 3.63) is 41.9 Å². The lowest BCUT2D eigenvalue weighted by Gasteiger charge is -2.02. The zero-order chi connectivity index (χ0) is 17.8. The first-order valence-corrected chi connectivity index (χ1v) is 11.5. The van der Waals surface area contributed by atoms with E-state index >= 15 is 0 Å². The number of hydrogen-bond acceptors (Lipinski definition) is 9. The highest BCUT2D eigenvalue weighted by Gasteiger charge is 2.16. The van der Waals surface area contributed by atoms with E-state index in [0.717, 1.165) is 47.9 Å². The van der Waals surface area contributed by atoms with Crippen LogP contribution in [0.15, 0.2) is 56.4 Å². The summed E-state index contributed by atoms with van der Waals surface area (Å²) in [5, 5.41) is 7.80. The Hall–Kier alpha value is -1.68. The van der Waals surface area contributed by atoms with E-state index in [1.165, 1.54) is 0 Å². The van der Waals surface area contributed by atoms with Crippen LogP contribution in [-0.4, -0.2) is 25.7 Å². The average molecular weight is 418 g/mol. The predicted molar refractivity (Wildman–Crippen MR) is 112 cm³/mol. The average Bonchev–Trinajstić information content (AvgIpc) is 3.30.